The minimum absolute atomic E-state index is 0.102. The Balaban J connectivity index is 2.22. The quantitative estimate of drug-likeness (QED) is 0.825. The van der Waals surface area contributed by atoms with E-state index in [2.05, 4.69) is 9.97 Å². The molecule has 0 radical (unpaired) electrons. The molecule has 1 atom stereocenters. The molecule has 0 aliphatic heterocycles. The van der Waals surface area contributed by atoms with Gasteiger partial charge in [0.2, 0.25) is 5.88 Å². The van der Waals surface area contributed by atoms with Crippen LogP contribution < -0.4 is 4.74 Å². The Morgan fingerprint density at radius 1 is 1.16 bits per heavy atom. The molecule has 1 aromatic carbocycles. The normalized spacial score (nSPS) is 12.2. The smallest absolute Gasteiger partial charge is 0.216 e. The van der Waals surface area contributed by atoms with Crippen molar-refractivity contribution in [3.8, 4) is 17.3 Å². The molecule has 1 heterocycles. The highest BCUT2D eigenvalue weighted by atomic mass is 16.5. The summed E-state index contributed by atoms with van der Waals surface area (Å²) in [6.45, 7) is 4.75. The van der Waals surface area contributed by atoms with Gasteiger partial charge in [0.25, 0.3) is 0 Å². The minimum atomic E-state index is 0.102. The molecular weight excluding hydrogens is 240 g/mol. The molecule has 2 rings (SSSR count). The molecule has 0 bridgehead atoms. The summed E-state index contributed by atoms with van der Waals surface area (Å²) in [5, 5.41) is 0. The average molecular weight is 258 g/mol. The van der Waals surface area contributed by atoms with E-state index in [1.165, 1.54) is 0 Å². The molecule has 0 saturated heterocycles. The van der Waals surface area contributed by atoms with E-state index in [-0.39, 0.29) is 6.10 Å². The first-order chi connectivity index (χ1) is 9.24. The number of hydrogen-bond acceptors (Lipinski definition) is 4. The fourth-order valence-electron chi connectivity index (χ4n) is 1.84. The summed E-state index contributed by atoms with van der Waals surface area (Å²) in [6.07, 6.45) is 1.79. The summed E-state index contributed by atoms with van der Waals surface area (Å²) in [4.78, 5) is 8.55. The van der Waals surface area contributed by atoms with Crippen molar-refractivity contribution in [3.63, 3.8) is 0 Å². The van der Waals surface area contributed by atoms with Crippen molar-refractivity contribution in [2.24, 2.45) is 0 Å². The van der Waals surface area contributed by atoms with Crippen LogP contribution in [-0.2, 0) is 4.74 Å². The lowest BCUT2D eigenvalue weighted by atomic mass is 10.1. The lowest BCUT2D eigenvalue weighted by Crippen LogP contribution is -1.99. The SMILES string of the molecule is CCOC(C)c1ccc(-c2nccc(OC)n2)cc1. The second-order valence-corrected chi connectivity index (χ2v) is 4.14. The van der Waals surface area contributed by atoms with Crippen LogP contribution in [0.1, 0.15) is 25.5 Å². The molecule has 1 aromatic heterocycles. The third kappa shape index (κ3) is 3.29. The molecule has 1 unspecified atom stereocenters. The predicted molar refractivity (Wildman–Crippen MR) is 74.1 cm³/mol. The fourth-order valence-corrected chi connectivity index (χ4v) is 1.84. The molecule has 0 amide bonds. The van der Waals surface area contributed by atoms with Gasteiger partial charge in [0, 0.05) is 24.4 Å². The molecule has 0 saturated carbocycles. The summed E-state index contributed by atoms with van der Waals surface area (Å²) in [5.41, 5.74) is 2.11. The summed E-state index contributed by atoms with van der Waals surface area (Å²) < 4.78 is 10.7. The summed E-state index contributed by atoms with van der Waals surface area (Å²) in [7, 11) is 1.60. The molecule has 4 nitrogen and oxygen atoms in total. The number of rotatable bonds is 5. The van der Waals surface area contributed by atoms with Gasteiger partial charge in [-0.1, -0.05) is 24.3 Å². The lowest BCUT2D eigenvalue weighted by Gasteiger charge is -2.12. The molecular formula is C15H18N2O2. The van der Waals surface area contributed by atoms with Crippen molar-refractivity contribution in [1.29, 1.82) is 0 Å². The number of aromatic nitrogens is 2. The van der Waals surface area contributed by atoms with Crippen molar-refractivity contribution < 1.29 is 9.47 Å². The molecule has 100 valence electrons. The second-order valence-electron chi connectivity index (χ2n) is 4.14. The first-order valence-electron chi connectivity index (χ1n) is 6.33. The Hall–Kier alpha value is -1.94. The van der Waals surface area contributed by atoms with Crippen molar-refractivity contribution in [2.45, 2.75) is 20.0 Å². The van der Waals surface area contributed by atoms with E-state index in [1.54, 1.807) is 19.4 Å². The Morgan fingerprint density at radius 2 is 1.89 bits per heavy atom. The van der Waals surface area contributed by atoms with E-state index in [4.69, 9.17) is 9.47 Å². The van der Waals surface area contributed by atoms with Crippen molar-refractivity contribution in [2.75, 3.05) is 13.7 Å². The first kappa shape index (κ1) is 13.5. The minimum Gasteiger partial charge on any atom is -0.481 e. The maximum atomic E-state index is 5.56. The Bertz CT molecular complexity index is 526. The van der Waals surface area contributed by atoms with Crippen LogP contribution in [-0.4, -0.2) is 23.7 Å². The van der Waals surface area contributed by atoms with E-state index in [1.807, 2.05) is 38.1 Å². The summed E-state index contributed by atoms with van der Waals surface area (Å²) in [5.74, 6) is 1.23. The van der Waals surface area contributed by atoms with Crippen LogP contribution in [0.3, 0.4) is 0 Å². The van der Waals surface area contributed by atoms with Gasteiger partial charge in [0.15, 0.2) is 5.82 Å². The van der Waals surface area contributed by atoms with Gasteiger partial charge in [-0.3, -0.25) is 0 Å². The Kier molecular flexibility index (Phi) is 4.47. The largest absolute Gasteiger partial charge is 0.481 e. The highest BCUT2D eigenvalue weighted by molar-refractivity contribution is 5.55. The Labute approximate surface area is 113 Å². The predicted octanol–water partition coefficient (Wildman–Crippen LogP) is 3.25. The van der Waals surface area contributed by atoms with Crippen LogP contribution in [0.2, 0.25) is 0 Å². The van der Waals surface area contributed by atoms with Gasteiger partial charge in [-0.25, -0.2) is 4.98 Å². The molecule has 0 N–H and O–H groups in total. The lowest BCUT2D eigenvalue weighted by molar-refractivity contribution is 0.0764. The van der Waals surface area contributed by atoms with Gasteiger partial charge in [0.05, 0.1) is 13.2 Å². The third-order valence-electron chi connectivity index (χ3n) is 2.89. The summed E-state index contributed by atoms with van der Waals surface area (Å²) >= 11 is 0. The van der Waals surface area contributed by atoms with E-state index in [0.29, 0.717) is 18.3 Å². The van der Waals surface area contributed by atoms with E-state index in [0.717, 1.165) is 11.1 Å². The van der Waals surface area contributed by atoms with Crippen LogP contribution in [0.4, 0.5) is 0 Å². The maximum absolute atomic E-state index is 5.56. The van der Waals surface area contributed by atoms with Gasteiger partial charge in [-0.15, -0.1) is 0 Å². The molecule has 0 spiro atoms. The van der Waals surface area contributed by atoms with Gasteiger partial charge < -0.3 is 9.47 Å². The summed E-state index contributed by atoms with van der Waals surface area (Å²) in [6, 6.07) is 9.81. The van der Waals surface area contributed by atoms with Gasteiger partial charge in [-0.05, 0) is 19.4 Å². The number of nitrogens with zero attached hydrogens (tertiary/aromatic N) is 2. The van der Waals surface area contributed by atoms with Gasteiger partial charge in [0.1, 0.15) is 0 Å². The standard InChI is InChI=1S/C15H18N2O2/c1-4-19-11(2)12-5-7-13(8-6-12)15-16-10-9-14(17-15)18-3/h5-11H,4H2,1-3H3. The zero-order valence-corrected chi connectivity index (χ0v) is 11.5. The van der Waals surface area contributed by atoms with E-state index < -0.39 is 0 Å². The number of benzene rings is 1. The van der Waals surface area contributed by atoms with Crippen LogP contribution in [0.15, 0.2) is 36.5 Å². The number of methoxy groups -OCH3 is 1. The highest BCUT2D eigenvalue weighted by Gasteiger charge is 2.07. The number of ether oxygens (including phenoxy) is 2. The van der Waals surface area contributed by atoms with E-state index >= 15 is 0 Å². The topological polar surface area (TPSA) is 44.2 Å². The molecule has 4 heteroatoms. The zero-order valence-electron chi connectivity index (χ0n) is 11.5. The van der Waals surface area contributed by atoms with Crippen LogP contribution in [0.25, 0.3) is 11.4 Å². The van der Waals surface area contributed by atoms with Crippen molar-refractivity contribution >= 4 is 0 Å². The Morgan fingerprint density at radius 3 is 2.53 bits per heavy atom. The monoisotopic (exact) mass is 258 g/mol. The van der Waals surface area contributed by atoms with Crippen LogP contribution >= 0.6 is 0 Å². The molecule has 19 heavy (non-hydrogen) atoms. The molecule has 2 aromatic rings. The molecule has 0 aliphatic rings. The zero-order chi connectivity index (χ0) is 13.7. The van der Waals surface area contributed by atoms with Crippen LogP contribution in [0, 0.1) is 0 Å². The molecule has 0 aliphatic carbocycles. The van der Waals surface area contributed by atoms with Crippen LogP contribution in [0.5, 0.6) is 5.88 Å². The second kappa shape index (κ2) is 6.29. The van der Waals surface area contributed by atoms with Gasteiger partial charge >= 0.3 is 0 Å². The van der Waals surface area contributed by atoms with E-state index in [9.17, 15) is 0 Å². The fraction of sp³-hybridized carbons (Fsp3) is 0.333. The highest BCUT2D eigenvalue weighted by Crippen LogP contribution is 2.22. The van der Waals surface area contributed by atoms with Crippen molar-refractivity contribution in [3.05, 3.63) is 42.1 Å². The number of hydrogen-bond donors (Lipinski definition) is 0. The van der Waals surface area contributed by atoms with Crippen molar-refractivity contribution in [1.82, 2.24) is 9.97 Å². The first-order valence-corrected chi connectivity index (χ1v) is 6.33. The third-order valence-corrected chi connectivity index (χ3v) is 2.89. The molecule has 0 fully saturated rings. The average Bonchev–Trinajstić information content (AvgIpc) is 2.48. The van der Waals surface area contributed by atoms with Gasteiger partial charge in [-0.2, -0.15) is 4.98 Å². The maximum Gasteiger partial charge on any atom is 0.216 e.